The molecule has 1 atom stereocenters. The minimum Gasteiger partial charge on any atom is -0.355 e. The van der Waals surface area contributed by atoms with E-state index >= 15 is 0 Å². The van der Waals surface area contributed by atoms with Gasteiger partial charge in [-0.3, -0.25) is 9.79 Å². The second-order valence-corrected chi connectivity index (χ2v) is 7.75. The largest absolute Gasteiger partial charge is 0.355 e. The fourth-order valence-electron chi connectivity index (χ4n) is 4.18. The maximum atomic E-state index is 12.7. The lowest BCUT2D eigenvalue weighted by Gasteiger charge is -2.32. The molecule has 0 bridgehead atoms. The topological polar surface area (TPSA) is 87.4 Å². The molecule has 1 aliphatic heterocycles. The quantitative estimate of drug-likeness (QED) is 0.379. The minimum atomic E-state index is -0.302. The molecule has 0 radical (unpaired) electrons. The molecule has 2 heterocycles. The van der Waals surface area contributed by atoms with Gasteiger partial charge in [-0.05, 0) is 26.2 Å². The van der Waals surface area contributed by atoms with Gasteiger partial charge < -0.3 is 15.5 Å². The molecule has 1 amide bonds. The molecule has 0 spiro atoms. The summed E-state index contributed by atoms with van der Waals surface area (Å²) in [4.78, 5) is 23.2. The van der Waals surface area contributed by atoms with Crippen molar-refractivity contribution in [3.8, 4) is 0 Å². The first-order valence-corrected chi connectivity index (χ1v) is 9.53. The van der Waals surface area contributed by atoms with Crippen LogP contribution in [0.1, 0.15) is 43.8 Å². The van der Waals surface area contributed by atoms with Crippen molar-refractivity contribution in [2.75, 3.05) is 27.7 Å². The molecule has 1 unspecified atom stereocenters. The van der Waals surface area contributed by atoms with Crippen LogP contribution in [0, 0.1) is 12.3 Å². The molecule has 2 N–H and O–H groups in total. The minimum absolute atomic E-state index is 0. The summed E-state index contributed by atoms with van der Waals surface area (Å²) in [7, 11) is 5.46. The Morgan fingerprint density at radius 1 is 1.37 bits per heavy atom. The van der Waals surface area contributed by atoms with Crippen LogP contribution in [-0.2, 0) is 17.8 Å². The fraction of sp³-hybridized carbons (Fsp3) is 0.778. The number of carbonyl (C=O) groups excluding carboxylic acids is 1. The molecule has 0 saturated heterocycles. The Morgan fingerprint density at radius 3 is 2.70 bits per heavy atom. The molecule has 3 rings (SSSR count). The van der Waals surface area contributed by atoms with Crippen LogP contribution in [0.15, 0.2) is 4.99 Å². The normalized spacial score (nSPS) is 21.2. The summed E-state index contributed by atoms with van der Waals surface area (Å²) in [5.41, 5.74) is -0.302. The predicted molar refractivity (Wildman–Crippen MR) is 116 cm³/mol. The van der Waals surface area contributed by atoms with Gasteiger partial charge in [-0.1, -0.05) is 12.8 Å². The molecule has 27 heavy (non-hydrogen) atoms. The van der Waals surface area contributed by atoms with Gasteiger partial charge in [0.15, 0.2) is 5.96 Å². The monoisotopic (exact) mass is 489 g/mol. The number of fused-ring (bicyclic) bond motifs is 1. The van der Waals surface area contributed by atoms with Gasteiger partial charge in [0.25, 0.3) is 0 Å². The lowest BCUT2D eigenvalue weighted by Crippen LogP contribution is -2.52. The smallest absolute Gasteiger partial charge is 0.230 e. The molecule has 0 aromatic carbocycles. The molecule has 2 aliphatic rings. The van der Waals surface area contributed by atoms with Crippen LogP contribution in [-0.4, -0.2) is 65.3 Å². The van der Waals surface area contributed by atoms with Gasteiger partial charge in [0.1, 0.15) is 11.6 Å². The number of hydrogen-bond acceptors (Lipinski definition) is 4. The standard InChI is InChI=1S/C18H31N7O.HI/c1-13-21-15-8-7-14(11-25(15)23-13)22-17(19-2)20-12-18(9-5-6-10-18)16(26)24(3)4;/h14H,5-12H2,1-4H3,(H2,19,20,22);1H. The number of aryl methyl sites for hydroxylation is 2. The van der Waals surface area contributed by atoms with Crippen LogP contribution >= 0.6 is 24.0 Å². The number of carbonyl (C=O) groups is 1. The maximum absolute atomic E-state index is 12.7. The molecule has 152 valence electrons. The van der Waals surface area contributed by atoms with Gasteiger partial charge >= 0.3 is 0 Å². The van der Waals surface area contributed by atoms with Gasteiger partial charge in [-0.15, -0.1) is 24.0 Å². The molecular formula is C18H32IN7O. The Hall–Kier alpha value is -1.39. The Kier molecular flexibility index (Phi) is 7.47. The number of guanidine groups is 1. The first kappa shape index (κ1) is 21.9. The average molecular weight is 489 g/mol. The highest BCUT2D eigenvalue weighted by atomic mass is 127. The van der Waals surface area contributed by atoms with E-state index in [1.807, 2.05) is 25.7 Å². The van der Waals surface area contributed by atoms with Crippen LogP contribution in [0.4, 0.5) is 0 Å². The van der Waals surface area contributed by atoms with Crippen molar-refractivity contribution < 1.29 is 4.79 Å². The highest BCUT2D eigenvalue weighted by molar-refractivity contribution is 14.0. The van der Waals surface area contributed by atoms with E-state index in [9.17, 15) is 4.79 Å². The van der Waals surface area contributed by atoms with Gasteiger partial charge in [0.2, 0.25) is 5.91 Å². The van der Waals surface area contributed by atoms with Crippen molar-refractivity contribution in [1.82, 2.24) is 30.3 Å². The van der Waals surface area contributed by atoms with E-state index in [-0.39, 0.29) is 41.3 Å². The molecule has 1 saturated carbocycles. The van der Waals surface area contributed by atoms with Crippen LogP contribution in [0.5, 0.6) is 0 Å². The molecule has 1 fully saturated rings. The lowest BCUT2D eigenvalue weighted by molar-refractivity contribution is -0.138. The van der Waals surface area contributed by atoms with Crippen molar-refractivity contribution in [3.63, 3.8) is 0 Å². The number of aromatic nitrogens is 3. The van der Waals surface area contributed by atoms with Crippen LogP contribution in [0.3, 0.4) is 0 Å². The highest BCUT2D eigenvalue weighted by Crippen LogP contribution is 2.38. The molecule has 8 nitrogen and oxygen atoms in total. The van der Waals surface area contributed by atoms with Crippen molar-refractivity contribution in [1.29, 1.82) is 0 Å². The summed E-state index contributed by atoms with van der Waals surface area (Å²) in [6.45, 7) is 3.35. The first-order valence-electron chi connectivity index (χ1n) is 9.53. The first-order chi connectivity index (χ1) is 12.4. The predicted octanol–water partition coefficient (Wildman–Crippen LogP) is 1.33. The summed E-state index contributed by atoms with van der Waals surface area (Å²) in [5.74, 6) is 2.87. The molecular weight excluding hydrogens is 457 g/mol. The summed E-state index contributed by atoms with van der Waals surface area (Å²) in [6, 6.07) is 0.263. The van der Waals surface area contributed by atoms with Crippen LogP contribution < -0.4 is 10.6 Å². The fourth-order valence-corrected chi connectivity index (χ4v) is 4.18. The molecule has 1 aromatic heterocycles. The third-order valence-corrected chi connectivity index (χ3v) is 5.54. The Morgan fingerprint density at radius 2 is 2.07 bits per heavy atom. The van der Waals surface area contributed by atoms with Gasteiger partial charge in [-0.2, -0.15) is 5.10 Å². The summed E-state index contributed by atoms with van der Waals surface area (Å²) >= 11 is 0. The van der Waals surface area contributed by atoms with Crippen molar-refractivity contribution in [2.45, 2.75) is 58.0 Å². The van der Waals surface area contributed by atoms with Crippen LogP contribution in [0.25, 0.3) is 0 Å². The van der Waals surface area contributed by atoms with Crippen molar-refractivity contribution in [3.05, 3.63) is 11.6 Å². The Labute approximate surface area is 178 Å². The number of halogens is 1. The third kappa shape index (κ3) is 4.91. The summed E-state index contributed by atoms with van der Waals surface area (Å²) < 4.78 is 1.98. The highest BCUT2D eigenvalue weighted by Gasteiger charge is 2.42. The molecule has 1 aliphatic carbocycles. The summed E-state index contributed by atoms with van der Waals surface area (Å²) in [5, 5.41) is 11.4. The van der Waals surface area contributed by atoms with E-state index in [2.05, 4.69) is 25.7 Å². The van der Waals surface area contributed by atoms with Crippen molar-refractivity contribution in [2.24, 2.45) is 10.4 Å². The van der Waals surface area contributed by atoms with E-state index in [0.29, 0.717) is 6.54 Å². The Bertz CT molecular complexity index is 679. The molecule has 1 aromatic rings. The maximum Gasteiger partial charge on any atom is 0.230 e. The number of amides is 1. The van der Waals surface area contributed by atoms with E-state index in [1.165, 1.54) is 0 Å². The van der Waals surface area contributed by atoms with E-state index in [1.54, 1.807) is 11.9 Å². The lowest BCUT2D eigenvalue weighted by atomic mass is 9.84. The van der Waals surface area contributed by atoms with E-state index in [4.69, 9.17) is 0 Å². The number of rotatable bonds is 4. The SMILES string of the molecule is CN=C(NCC1(C(=O)N(C)C)CCCC1)NC1CCc2nc(C)nn2C1.I. The van der Waals surface area contributed by atoms with Gasteiger partial charge in [0.05, 0.1) is 12.0 Å². The van der Waals surface area contributed by atoms with E-state index < -0.39 is 0 Å². The number of hydrogen-bond donors (Lipinski definition) is 2. The third-order valence-electron chi connectivity index (χ3n) is 5.54. The zero-order valence-corrected chi connectivity index (χ0v) is 19.1. The second kappa shape index (κ2) is 9.20. The van der Waals surface area contributed by atoms with E-state index in [0.717, 1.165) is 62.7 Å². The van der Waals surface area contributed by atoms with Gasteiger partial charge in [0, 0.05) is 40.2 Å². The summed E-state index contributed by atoms with van der Waals surface area (Å²) in [6.07, 6.45) is 6.03. The Balaban J connectivity index is 0.00000261. The number of nitrogens with zero attached hydrogens (tertiary/aromatic N) is 5. The zero-order chi connectivity index (χ0) is 18.7. The van der Waals surface area contributed by atoms with Gasteiger partial charge in [-0.25, -0.2) is 9.67 Å². The zero-order valence-electron chi connectivity index (χ0n) is 16.8. The van der Waals surface area contributed by atoms with Crippen molar-refractivity contribution >= 4 is 35.8 Å². The number of nitrogens with one attached hydrogen (secondary N) is 2. The molecule has 9 heteroatoms. The number of aliphatic imine (C=N–C) groups is 1. The second-order valence-electron chi connectivity index (χ2n) is 7.75. The van der Waals surface area contributed by atoms with Crippen LogP contribution in [0.2, 0.25) is 0 Å². The average Bonchev–Trinajstić information content (AvgIpc) is 3.23.